The number of methoxy groups -OCH3 is 1. The van der Waals surface area contributed by atoms with Gasteiger partial charge in [-0.2, -0.15) is 20.1 Å². The number of halogens is 1. The Balaban J connectivity index is 1.77. The molecule has 2 N–H and O–H groups in total. The van der Waals surface area contributed by atoms with Crippen LogP contribution in [0.4, 0.5) is 27.9 Å². The minimum atomic E-state index is -0.442. The maximum absolute atomic E-state index is 13.1. The third-order valence-electron chi connectivity index (χ3n) is 3.94. The van der Waals surface area contributed by atoms with Gasteiger partial charge in [0, 0.05) is 26.7 Å². The SMILES string of the molecule is COc1cc(/C=N\Nc2nc(Nc3ccc(F)cc3)nc(N(C)C)n2)ccc1OC(C)=O. The minimum Gasteiger partial charge on any atom is -0.493 e. The molecular formula is C21H22FN7O3. The van der Waals surface area contributed by atoms with E-state index in [2.05, 4.69) is 30.8 Å². The zero-order chi connectivity index (χ0) is 23.1. The van der Waals surface area contributed by atoms with Gasteiger partial charge < -0.3 is 19.7 Å². The number of aromatic nitrogens is 3. The number of esters is 1. The van der Waals surface area contributed by atoms with Crippen LogP contribution in [0.2, 0.25) is 0 Å². The van der Waals surface area contributed by atoms with Crippen molar-refractivity contribution in [2.45, 2.75) is 6.92 Å². The normalized spacial score (nSPS) is 10.7. The fraction of sp³-hybridized carbons (Fsp3) is 0.190. The summed E-state index contributed by atoms with van der Waals surface area (Å²) in [7, 11) is 5.06. The number of hydrazone groups is 1. The summed E-state index contributed by atoms with van der Waals surface area (Å²) in [5, 5.41) is 7.16. The number of benzene rings is 2. The second-order valence-corrected chi connectivity index (χ2v) is 6.68. The van der Waals surface area contributed by atoms with Crippen molar-refractivity contribution in [3.05, 3.63) is 53.8 Å². The molecule has 166 valence electrons. The smallest absolute Gasteiger partial charge is 0.308 e. The Hall–Kier alpha value is -4.28. The average Bonchev–Trinajstić information content (AvgIpc) is 2.76. The Morgan fingerprint density at radius 1 is 1.06 bits per heavy atom. The molecule has 0 saturated carbocycles. The predicted molar refractivity (Wildman–Crippen MR) is 119 cm³/mol. The molecule has 10 nitrogen and oxygen atoms in total. The van der Waals surface area contributed by atoms with Gasteiger partial charge in [0.15, 0.2) is 11.5 Å². The van der Waals surface area contributed by atoms with Crippen molar-refractivity contribution in [2.75, 3.05) is 36.8 Å². The first kappa shape index (κ1) is 22.4. The van der Waals surface area contributed by atoms with E-state index >= 15 is 0 Å². The second-order valence-electron chi connectivity index (χ2n) is 6.68. The molecule has 11 heteroatoms. The maximum atomic E-state index is 13.1. The molecule has 0 spiro atoms. The molecule has 0 fully saturated rings. The van der Waals surface area contributed by atoms with Gasteiger partial charge in [-0.1, -0.05) is 0 Å². The lowest BCUT2D eigenvalue weighted by Crippen LogP contribution is -2.15. The highest BCUT2D eigenvalue weighted by atomic mass is 19.1. The number of nitrogens with one attached hydrogen (secondary N) is 2. The molecule has 1 heterocycles. The van der Waals surface area contributed by atoms with E-state index in [0.717, 1.165) is 0 Å². The van der Waals surface area contributed by atoms with Gasteiger partial charge in [0.25, 0.3) is 0 Å². The number of hydrogen-bond acceptors (Lipinski definition) is 10. The fourth-order valence-corrected chi connectivity index (χ4v) is 2.50. The summed E-state index contributed by atoms with van der Waals surface area (Å²) in [5.74, 6) is 0.792. The van der Waals surface area contributed by atoms with Gasteiger partial charge in [0.1, 0.15) is 5.82 Å². The first-order valence-electron chi connectivity index (χ1n) is 9.45. The van der Waals surface area contributed by atoms with Crippen molar-refractivity contribution in [3.63, 3.8) is 0 Å². The molecule has 3 rings (SSSR count). The first-order valence-corrected chi connectivity index (χ1v) is 9.45. The molecule has 3 aromatic rings. The van der Waals surface area contributed by atoms with Crippen molar-refractivity contribution in [1.82, 2.24) is 15.0 Å². The molecule has 0 radical (unpaired) electrons. The Morgan fingerprint density at radius 2 is 1.78 bits per heavy atom. The molecule has 0 aliphatic heterocycles. The summed E-state index contributed by atoms with van der Waals surface area (Å²) >= 11 is 0. The standard InChI is InChI=1S/C21H22FN7O3/c1-13(30)32-17-10-5-14(11-18(17)31-4)12-23-28-20-25-19(26-21(27-20)29(2)3)24-16-8-6-15(22)7-9-16/h5-12H,1-4H3,(H2,24,25,26,27,28)/b23-12-. The Bertz CT molecular complexity index is 1120. The lowest BCUT2D eigenvalue weighted by atomic mass is 10.2. The number of anilines is 4. The Labute approximate surface area is 184 Å². The van der Waals surface area contributed by atoms with Gasteiger partial charge in [-0.05, 0) is 48.0 Å². The van der Waals surface area contributed by atoms with Crippen LogP contribution in [0.15, 0.2) is 47.6 Å². The average molecular weight is 439 g/mol. The van der Waals surface area contributed by atoms with E-state index in [-0.39, 0.29) is 17.7 Å². The van der Waals surface area contributed by atoms with E-state index in [1.165, 1.54) is 32.4 Å². The van der Waals surface area contributed by atoms with Crippen LogP contribution in [-0.4, -0.2) is 48.3 Å². The zero-order valence-corrected chi connectivity index (χ0v) is 18.0. The van der Waals surface area contributed by atoms with Crippen LogP contribution in [0.25, 0.3) is 0 Å². The topological polar surface area (TPSA) is 114 Å². The Morgan fingerprint density at radius 3 is 2.44 bits per heavy atom. The van der Waals surface area contributed by atoms with Gasteiger partial charge in [0.05, 0.1) is 13.3 Å². The largest absolute Gasteiger partial charge is 0.493 e. The minimum absolute atomic E-state index is 0.202. The second kappa shape index (κ2) is 10.2. The lowest BCUT2D eigenvalue weighted by molar-refractivity contribution is -0.132. The van der Waals surface area contributed by atoms with Crippen LogP contribution < -0.4 is 25.1 Å². The van der Waals surface area contributed by atoms with Crippen LogP contribution in [0.3, 0.4) is 0 Å². The third-order valence-corrected chi connectivity index (χ3v) is 3.94. The van der Waals surface area contributed by atoms with Gasteiger partial charge in [0.2, 0.25) is 17.8 Å². The molecule has 2 aromatic carbocycles. The number of nitrogens with zero attached hydrogens (tertiary/aromatic N) is 5. The van der Waals surface area contributed by atoms with E-state index in [1.54, 1.807) is 49.3 Å². The number of ether oxygens (including phenoxy) is 2. The van der Waals surface area contributed by atoms with E-state index in [0.29, 0.717) is 28.7 Å². The van der Waals surface area contributed by atoms with Gasteiger partial charge >= 0.3 is 5.97 Å². The highest BCUT2D eigenvalue weighted by Gasteiger charge is 2.09. The molecule has 0 amide bonds. The molecule has 1 aromatic heterocycles. The fourth-order valence-electron chi connectivity index (χ4n) is 2.50. The maximum Gasteiger partial charge on any atom is 0.308 e. The first-order chi connectivity index (χ1) is 15.3. The van der Waals surface area contributed by atoms with Crippen molar-refractivity contribution in [3.8, 4) is 11.5 Å². The highest BCUT2D eigenvalue weighted by Crippen LogP contribution is 2.27. The molecule has 0 unspecified atom stereocenters. The summed E-state index contributed by atoms with van der Waals surface area (Å²) < 4.78 is 23.5. The Kier molecular flexibility index (Phi) is 7.11. The van der Waals surface area contributed by atoms with Crippen LogP contribution in [0.5, 0.6) is 11.5 Å². The summed E-state index contributed by atoms with van der Waals surface area (Å²) in [6.45, 7) is 1.31. The van der Waals surface area contributed by atoms with Gasteiger partial charge in [-0.25, -0.2) is 9.82 Å². The predicted octanol–water partition coefficient (Wildman–Crippen LogP) is 3.20. The van der Waals surface area contributed by atoms with Crippen LogP contribution in [0.1, 0.15) is 12.5 Å². The molecule has 32 heavy (non-hydrogen) atoms. The van der Waals surface area contributed by atoms with E-state index < -0.39 is 5.97 Å². The summed E-state index contributed by atoms with van der Waals surface area (Å²) in [5.41, 5.74) is 4.08. The summed E-state index contributed by atoms with van der Waals surface area (Å²) in [4.78, 5) is 25.8. The molecule has 0 bridgehead atoms. The van der Waals surface area contributed by atoms with E-state index in [4.69, 9.17) is 9.47 Å². The molecule has 0 aliphatic rings. The van der Waals surface area contributed by atoms with Gasteiger partial charge in [-0.3, -0.25) is 4.79 Å². The van der Waals surface area contributed by atoms with Crippen LogP contribution in [0, 0.1) is 5.82 Å². The van der Waals surface area contributed by atoms with Crippen LogP contribution in [-0.2, 0) is 4.79 Å². The van der Waals surface area contributed by atoms with E-state index in [1.807, 2.05) is 0 Å². The number of hydrogen-bond donors (Lipinski definition) is 2. The number of carbonyl (C=O) groups is 1. The van der Waals surface area contributed by atoms with Crippen molar-refractivity contribution >= 4 is 35.7 Å². The van der Waals surface area contributed by atoms with Crippen LogP contribution >= 0.6 is 0 Å². The van der Waals surface area contributed by atoms with Crippen molar-refractivity contribution in [2.24, 2.45) is 5.10 Å². The summed E-state index contributed by atoms with van der Waals surface area (Å²) in [6.07, 6.45) is 1.53. The van der Waals surface area contributed by atoms with Crippen molar-refractivity contribution in [1.29, 1.82) is 0 Å². The van der Waals surface area contributed by atoms with E-state index in [9.17, 15) is 9.18 Å². The lowest BCUT2D eigenvalue weighted by Gasteiger charge is -2.13. The van der Waals surface area contributed by atoms with Gasteiger partial charge in [-0.15, -0.1) is 0 Å². The monoisotopic (exact) mass is 439 g/mol. The molecule has 0 saturated heterocycles. The third kappa shape index (κ3) is 6.11. The highest BCUT2D eigenvalue weighted by molar-refractivity contribution is 5.82. The quantitative estimate of drug-likeness (QED) is 0.236. The number of rotatable bonds is 8. The molecule has 0 aliphatic carbocycles. The number of carbonyl (C=O) groups excluding carboxylic acids is 1. The zero-order valence-electron chi connectivity index (χ0n) is 18.0. The molecular weight excluding hydrogens is 417 g/mol. The molecule has 0 atom stereocenters. The van der Waals surface area contributed by atoms with Crippen molar-refractivity contribution < 1.29 is 18.7 Å². The summed E-state index contributed by atoms with van der Waals surface area (Å²) in [6, 6.07) is 10.8.